The molecule has 2 N–H and O–H groups in total. The van der Waals surface area contributed by atoms with Crippen LogP contribution in [0.4, 0.5) is 0 Å². The number of nitrogens with zero attached hydrogens (tertiary/aromatic N) is 3. The SMILES string of the molecule is CC(N)CCCC(=O)c1c(Cl)cnn1CCN(C)C. The summed E-state index contributed by atoms with van der Waals surface area (Å²) in [5, 5.41) is 4.60. The van der Waals surface area contributed by atoms with E-state index >= 15 is 0 Å². The van der Waals surface area contributed by atoms with Gasteiger partial charge < -0.3 is 10.6 Å². The van der Waals surface area contributed by atoms with Crippen LogP contribution in [-0.4, -0.2) is 47.1 Å². The molecule has 0 aromatic carbocycles. The molecule has 108 valence electrons. The molecule has 0 aliphatic carbocycles. The maximum absolute atomic E-state index is 12.2. The third-order valence-electron chi connectivity index (χ3n) is 2.88. The Morgan fingerprint density at radius 3 is 2.84 bits per heavy atom. The van der Waals surface area contributed by atoms with Crippen LogP contribution in [0, 0.1) is 0 Å². The zero-order chi connectivity index (χ0) is 14.4. The number of aromatic nitrogens is 2. The molecule has 19 heavy (non-hydrogen) atoms. The standard InChI is InChI=1S/C13H23ClN4O/c1-10(15)5-4-6-12(19)13-11(14)9-16-18(13)8-7-17(2)3/h9-10H,4-8,15H2,1-3H3. The Bertz CT molecular complexity index is 415. The minimum atomic E-state index is 0.0434. The van der Waals surface area contributed by atoms with Crippen molar-refractivity contribution in [3.05, 3.63) is 16.9 Å². The Balaban J connectivity index is 2.64. The first-order valence-corrected chi connectivity index (χ1v) is 6.94. The quantitative estimate of drug-likeness (QED) is 0.740. The highest BCUT2D eigenvalue weighted by atomic mass is 35.5. The fourth-order valence-corrected chi connectivity index (χ4v) is 2.05. The van der Waals surface area contributed by atoms with Gasteiger partial charge in [0.2, 0.25) is 0 Å². The number of likely N-dealkylation sites (N-methyl/N-ethyl adjacent to an activating group) is 1. The Morgan fingerprint density at radius 2 is 2.26 bits per heavy atom. The van der Waals surface area contributed by atoms with Crippen LogP contribution in [0.25, 0.3) is 0 Å². The van der Waals surface area contributed by atoms with Crippen molar-refractivity contribution in [1.29, 1.82) is 0 Å². The Labute approximate surface area is 119 Å². The van der Waals surface area contributed by atoms with Crippen LogP contribution in [0.5, 0.6) is 0 Å². The zero-order valence-electron chi connectivity index (χ0n) is 11.9. The Hall–Kier alpha value is -0.910. The van der Waals surface area contributed by atoms with E-state index in [4.69, 9.17) is 17.3 Å². The zero-order valence-corrected chi connectivity index (χ0v) is 12.7. The largest absolute Gasteiger partial charge is 0.328 e. The van der Waals surface area contributed by atoms with Crippen LogP contribution >= 0.6 is 11.6 Å². The summed E-state index contributed by atoms with van der Waals surface area (Å²) >= 11 is 6.05. The van der Waals surface area contributed by atoms with E-state index in [-0.39, 0.29) is 11.8 Å². The highest BCUT2D eigenvalue weighted by Crippen LogP contribution is 2.18. The maximum Gasteiger partial charge on any atom is 0.182 e. The summed E-state index contributed by atoms with van der Waals surface area (Å²) < 4.78 is 1.69. The second-order valence-electron chi connectivity index (χ2n) is 5.16. The minimum Gasteiger partial charge on any atom is -0.328 e. The summed E-state index contributed by atoms with van der Waals surface area (Å²) in [6.07, 6.45) is 3.63. The average molecular weight is 287 g/mol. The van der Waals surface area contributed by atoms with Gasteiger partial charge in [0.15, 0.2) is 5.78 Å². The summed E-state index contributed by atoms with van der Waals surface area (Å²) in [6, 6.07) is 0.127. The van der Waals surface area contributed by atoms with Gasteiger partial charge in [0.05, 0.1) is 17.8 Å². The number of halogens is 1. The van der Waals surface area contributed by atoms with Crippen molar-refractivity contribution >= 4 is 17.4 Å². The molecule has 1 aromatic heterocycles. The average Bonchev–Trinajstić information content (AvgIpc) is 2.67. The summed E-state index contributed by atoms with van der Waals surface area (Å²) in [5.41, 5.74) is 6.20. The predicted molar refractivity (Wildman–Crippen MR) is 77.6 cm³/mol. The lowest BCUT2D eigenvalue weighted by Gasteiger charge is -2.12. The van der Waals surface area contributed by atoms with Gasteiger partial charge in [0.1, 0.15) is 5.69 Å². The lowest BCUT2D eigenvalue weighted by Crippen LogP contribution is -2.21. The number of nitrogens with two attached hydrogens (primary N) is 1. The van der Waals surface area contributed by atoms with Crippen LogP contribution in [0.2, 0.25) is 5.02 Å². The number of ketones is 1. The van der Waals surface area contributed by atoms with Crippen LogP contribution in [0.3, 0.4) is 0 Å². The van der Waals surface area contributed by atoms with Gasteiger partial charge in [0.25, 0.3) is 0 Å². The van der Waals surface area contributed by atoms with Crippen molar-refractivity contribution < 1.29 is 4.79 Å². The fourth-order valence-electron chi connectivity index (χ4n) is 1.81. The van der Waals surface area contributed by atoms with Gasteiger partial charge in [-0.05, 0) is 33.9 Å². The lowest BCUT2D eigenvalue weighted by molar-refractivity contribution is 0.0968. The fraction of sp³-hybridized carbons (Fsp3) is 0.692. The van der Waals surface area contributed by atoms with Gasteiger partial charge in [-0.25, -0.2) is 0 Å². The third kappa shape index (κ3) is 5.30. The summed E-state index contributed by atoms with van der Waals surface area (Å²) in [6.45, 7) is 3.42. The highest BCUT2D eigenvalue weighted by Gasteiger charge is 2.17. The number of carbonyl (C=O) groups is 1. The van der Waals surface area contributed by atoms with E-state index in [0.717, 1.165) is 19.4 Å². The second-order valence-corrected chi connectivity index (χ2v) is 5.57. The van der Waals surface area contributed by atoms with Gasteiger partial charge in [-0.1, -0.05) is 11.6 Å². The molecular weight excluding hydrogens is 264 g/mol. The molecule has 0 fully saturated rings. The first kappa shape index (κ1) is 16.1. The van der Waals surface area contributed by atoms with E-state index in [0.29, 0.717) is 23.7 Å². The van der Waals surface area contributed by atoms with E-state index in [9.17, 15) is 4.79 Å². The number of rotatable bonds is 8. The van der Waals surface area contributed by atoms with Gasteiger partial charge in [-0.3, -0.25) is 9.48 Å². The van der Waals surface area contributed by atoms with Crippen LogP contribution in [-0.2, 0) is 6.54 Å². The van der Waals surface area contributed by atoms with Crippen molar-refractivity contribution in [2.75, 3.05) is 20.6 Å². The van der Waals surface area contributed by atoms with Crippen molar-refractivity contribution in [3.8, 4) is 0 Å². The summed E-state index contributed by atoms with van der Waals surface area (Å²) in [5.74, 6) is 0.0434. The third-order valence-corrected chi connectivity index (χ3v) is 3.16. The number of hydrogen-bond donors (Lipinski definition) is 1. The topological polar surface area (TPSA) is 64.2 Å². The van der Waals surface area contributed by atoms with Gasteiger partial charge in [-0.2, -0.15) is 5.10 Å². The molecule has 0 spiro atoms. The molecule has 1 heterocycles. The predicted octanol–water partition coefficient (Wildman–Crippen LogP) is 1.80. The Kier molecular flexibility index (Phi) is 6.48. The van der Waals surface area contributed by atoms with Crippen LogP contribution in [0.15, 0.2) is 6.20 Å². The molecule has 0 bridgehead atoms. The first-order chi connectivity index (χ1) is 8.91. The van der Waals surface area contributed by atoms with Crippen molar-refractivity contribution in [1.82, 2.24) is 14.7 Å². The molecule has 5 nitrogen and oxygen atoms in total. The number of Topliss-reactive ketones (excluding diaryl/α,β-unsaturated/α-hetero) is 1. The van der Waals surface area contributed by atoms with Gasteiger partial charge in [0, 0.05) is 19.0 Å². The number of hydrogen-bond acceptors (Lipinski definition) is 4. The molecule has 1 atom stereocenters. The second kappa shape index (κ2) is 7.62. The van der Waals surface area contributed by atoms with E-state index in [1.807, 2.05) is 25.9 Å². The lowest BCUT2D eigenvalue weighted by atomic mass is 10.1. The molecule has 0 aliphatic heterocycles. The van der Waals surface area contributed by atoms with Gasteiger partial charge in [-0.15, -0.1) is 0 Å². The molecule has 1 unspecified atom stereocenters. The molecule has 1 aromatic rings. The molecule has 0 amide bonds. The maximum atomic E-state index is 12.2. The first-order valence-electron chi connectivity index (χ1n) is 6.56. The molecule has 0 saturated carbocycles. The molecular formula is C13H23ClN4O. The normalized spacial score (nSPS) is 12.9. The van der Waals surface area contributed by atoms with E-state index in [1.54, 1.807) is 4.68 Å². The van der Waals surface area contributed by atoms with E-state index in [2.05, 4.69) is 5.10 Å². The molecule has 0 radical (unpaired) electrons. The number of carbonyl (C=O) groups excluding carboxylic acids is 1. The molecule has 1 rings (SSSR count). The van der Waals surface area contributed by atoms with Gasteiger partial charge >= 0.3 is 0 Å². The van der Waals surface area contributed by atoms with E-state index < -0.39 is 0 Å². The van der Waals surface area contributed by atoms with Crippen LogP contribution in [0.1, 0.15) is 36.7 Å². The monoisotopic (exact) mass is 286 g/mol. The van der Waals surface area contributed by atoms with Crippen molar-refractivity contribution in [3.63, 3.8) is 0 Å². The smallest absolute Gasteiger partial charge is 0.182 e. The Morgan fingerprint density at radius 1 is 1.58 bits per heavy atom. The molecule has 0 saturated heterocycles. The minimum absolute atomic E-state index is 0.0434. The van der Waals surface area contributed by atoms with Crippen molar-refractivity contribution in [2.45, 2.75) is 38.8 Å². The van der Waals surface area contributed by atoms with Crippen LogP contribution < -0.4 is 5.73 Å². The van der Waals surface area contributed by atoms with E-state index in [1.165, 1.54) is 6.20 Å². The molecule has 0 aliphatic rings. The summed E-state index contributed by atoms with van der Waals surface area (Å²) in [7, 11) is 3.96. The highest BCUT2D eigenvalue weighted by molar-refractivity contribution is 6.33. The van der Waals surface area contributed by atoms with Crippen molar-refractivity contribution in [2.24, 2.45) is 5.73 Å². The molecule has 6 heteroatoms. The summed E-state index contributed by atoms with van der Waals surface area (Å²) in [4.78, 5) is 14.2.